The van der Waals surface area contributed by atoms with Crippen LogP contribution in [0.15, 0.2) is 40.9 Å². The number of furan rings is 1. The number of aromatic nitrogens is 1. The van der Waals surface area contributed by atoms with Crippen LogP contribution in [0, 0.1) is 6.92 Å². The van der Waals surface area contributed by atoms with Gasteiger partial charge in [-0.2, -0.15) is 0 Å². The first-order valence-electron chi connectivity index (χ1n) is 10.0. The molecule has 6 heteroatoms. The van der Waals surface area contributed by atoms with Crippen LogP contribution in [0.5, 0.6) is 11.7 Å². The molecule has 0 spiro atoms. The summed E-state index contributed by atoms with van der Waals surface area (Å²) >= 11 is 0. The summed E-state index contributed by atoms with van der Waals surface area (Å²) in [6.07, 6.45) is 3.70. The molecule has 1 saturated heterocycles. The Kier molecular flexibility index (Phi) is 5.43. The summed E-state index contributed by atoms with van der Waals surface area (Å²) in [6.45, 7) is 5.80. The van der Waals surface area contributed by atoms with E-state index in [2.05, 4.69) is 18.2 Å². The summed E-state index contributed by atoms with van der Waals surface area (Å²) < 4.78 is 16.3. The smallest absolute Gasteiger partial charge is 0.289 e. The van der Waals surface area contributed by atoms with E-state index in [4.69, 9.17) is 18.9 Å². The van der Waals surface area contributed by atoms with Gasteiger partial charge in [-0.3, -0.25) is 9.78 Å². The fourth-order valence-electron chi connectivity index (χ4n) is 3.94. The summed E-state index contributed by atoms with van der Waals surface area (Å²) in [5.41, 5.74) is 2.18. The number of piperidine rings is 1. The average Bonchev–Trinajstić information content (AvgIpc) is 3.21. The quantitative estimate of drug-likeness (QED) is 0.635. The highest BCUT2D eigenvalue weighted by molar-refractivity contribution is 5.91. The summed E-state index contributed by atoms with van der Waals surface area (Å²) in [7, 11) is 1.69. The van der Waals surface area contributed by atoms with Gasteiger partial charge >= 0.3 is 0 Å². The number of rotatable bonds is 5. The number of methoxy groups -OCH3 is 1. The van der Waals surface area contributed by atoms with E-state index in [-0.39, 0.29) is 5.91 Å². The zero-order chi connectivity index (χ0) is 20.4. The molecule has 0 N–H and O–H groups in total. The standard InChI is InChI=1S/C23H26N2O4/c1-4-28-22-6-5-20(29-22)23(26)25-9-7-16(8-10-25)19-12-17-13-21(27-3)15(2)11-18(17)14-24-19/h5-6,11-14,16H,4,7-10H2,1-3H3. The fourth-order valence-corrected chi connectivity index (χ4v) is 3.94. The summed E-state index contributed by atoms with van der Waals surface area (Å²) in [5, 5.41) is 2.25. The Morgan fingerprint density at radius 3 is 2.72 bits per heavy atom. The topological polar surface area (TPSA) is 64.8 Å². The minimum atomic E-state index is -0.0823. The molecule has 4 rings (SSSR count). The van der Waals surface area contributed by atoms with Gasteiger partial charge in [0.05, 0.1) is 13.7 Å². The highest BCUT2D eigenvalue weighted by atomic mass is 16.6. The third kappa shape index (κ3) is 3.92. The maximum atomic E-state index is 12.7. The van der Waals surface area contributed by atoms with Crippen LogP contribution in [0.1, 0.15) is 47.5 Å². The van der Waals surface area contributed by atoms with Gasteiger partial charge in [0.15, 0.2) is 5.76 Å². The number of aryl methyl sites for hydroxylation is 1. The first kappa shape index (κ1) is 19.3. The van der Waals surface area contributed by atoms with Crippen molar-refractivity contribution in [3.63, 3.8) is 0 Å². The minimum Gasteiger partial charge on any atom is -0.496 e. The Bertz CT molecular complexity index is 1020. The van der Waals surface area contributed by atoms with Gasteiger partial charge in [-0.1, -0.05) is 0 Å². The maximum absolute atomic E-state index is 12.7. The van der Waals surface area contributed by atoms with Gasteiger partial charge in [0, 0.05) is 42.4 Å². The number of benzene rings is 1. The normalized spacial score (nSPS) is 14.9. The molecule has 3 heterocycles. The molecule has 1 amide bonds. The molecule has 1 aliphatic heterocycles. The zero-order valence-corrected chi connectivity index (χ0v) is 17.1. The van der Waals surface area contributed by atoms with Crippen molar-refractivity contribution in [2.24, 2.45) is 0 Å². The van der Waals surface area contributed by atoms with Crippen molar-refractivity contribution in [2.75, 3.05) is 26.8 Å². The number of hydrogen-bond acceptors (Lipinski definition) is 5. The van der Waals surface area contributed by atoms with E-state index in [0.29, 0.717) is 37.3 Å². The van der Waals surface area contributed by atoms with Crippen LogP contribution in [0.25, 0.3) is 10.8 Å². The molecule has 3 aromatic rings. The van der Waals surface area contributed by atoms with E-state index in [1.807, 2.05) is 24.9 Å². The number of nitrogens with zero attached hydrogens (tertiary/aromatic N) is 2. The molecule has 0 radical (unpaired) electrons. The predicted molar refractivity (Wildman–Crippen MR) is 111 cm³/mol. The highest BCUT2D eigenvalue weighted by Crippen LogP contribution is 2.31. The lowest BCUT2D eigenvalue weighted by Crippen LogP contribution is -2.37. The molecule has 0 bridgehead atoms. The average molecular weight is 394 g/mol. The van der Waals surface area contributed by atoms with Crippen molar-refractivity contribution >= 4 is 16.7 Å². The lowest BCUT2D eigenvalue weighted by Gasteiger charge is -2.31. The molecule has 1 aromatic carbocycles. The van der Waals surface area contributed by atoms with Crippen molar-refractivity contribution in [2.45, 2.75) is 32.6 Å². The molecular weight excluding hydrogens is 368 g/mol. The van der Waals surface area contributed by atoms with E-state index >= 15 is 0 Å². The number of amides is 1. The van der Waals surface area contributed by atoms with Gasteiger partial charge < -0.3 is 18.8 Å². The van der Waals surface area contributed by atoms with Crippen LogP contribution in [0.3, 0.4) is 0 Å². The summed E-state index contributed by atoms with van der Waals surface area (Å²) in [6, 6.07) is 9.70. The molecule has 1 fully saturated rings. The predicted octanol–water partition coefficient (Wildman–Crippen LogP) is 4.56. The highest BCUT2D eigenvalue weighted by Gasteiger charge is 2.27. The van der Waals surface area contributed by atoms with Crippen LogP contribution in [-0.2, 0) is 0 Å². The van der Waals surface area contributed by atoms with Gasteiger partial charge in [-0.25, -0.2) is 0 Å². The van der Waals surface area contributed by atoms with Crippen LogP contribution in [-0.4, -0.2) is 42.6 Å². The molecule has 152 valence electrons. The van der Waals surface area contributed by atoms with Crippen LogP contribution < -0.4 is 9.47 Å². The summed E-state index contributed by atoms with van der Waals surface area (Å²) in [4.78, 5) is 19.2. The number of ether oxygens (including phenoxy) is 2. The Labute approximate surface area is 170 Å². The molecule has 29 heavy (non-hydrogen) atoms. The van der Waals surface area contributed by atoms with E-state index in [9.17, 15) is 4.79 Å². The maximum Gasteiger partial charge on any atom is 0.289 e. The number of likely N-dealkylation sites (tertiary alicyclic amines) is 1. The lowest BCUT2D eigenvalue weighted by molar-refractivity contribution is 0.0672. The van der Waals surface area contributed by atoms with Crippen molar-refractivity contribution in [3.05, 3.63) is 53.5 Å². The number of pyridine rings is 1. The van der Waals surface area contributed by atoms with E-state index in [1.165, 1.54) is 0 Å². The first-order chi connectivity index (χ1) is 14.1. The molecule has 0 atom stereocenters. The van der Waals surface area contributed by atoms with Gasteiger partial charge in [-0.15, -0.1) is 0 Å². The Morgan fingerprint density at radius 2 is 2.00 bits per heavy atom. The third-order valence-corrected chi connectivity index (χ3v) is 5.54. The molecule has 6 nitrogen and oxygen atoms in total. The van der Waals surface area contributed by atoms with Gasteiger partial charge in [0.1, 0.15) is 5.75 Å². The van der Waals surface area contributed by atoms with Gasteiger partial charge in [0.2, 0.25) is 0 Å². The fraction of sp³-hybridized carbons (Fsp3) is 0.391. The van der Waals surface area contributed by atoms with Crippen LogP contribution >= 0.6 is 0 Å². The Balaban J connectivity index is 1.44. The van der Waals surface area contributed by atoms with Gasteiger partial charge in [-0.05, 0) is 61.9 Å². The van der Waals surface area contributed by atoms with Crippen LogP contribution in [0.4, 0.5) is 0 Å². The molecule has 0 unspecified atom stereocenters. The van der Waals surface area contributed by atoms with Crippen molar-refractivity contribution in [3.8, 4) is 11.7 Å². The van der Waals surface area contributed by atoms with Crippen molar-refractivity contribution in [1.82, 2.24) is 9.88 Å². The van der Waals surface area contributed by atoms with Crippen molar-refractivity contribution < 1.29 is 18.7 Å². The zero-order valence-electron chi connectivity index (χ0n) is 17.1. The SMILES string of the molecule is CCOc1ccc(C(=O)N2CCC(c3cc4cc(OC)c(C)cc4cn3)CC2)o1. The molecular formula is C23H26N2O4. The number of fused-ring (bicyclic) bond motifs is 1. The number of carbonyl (C=O) groups excluding carboxylic acids is 1. The first-order valence-corrected chi connectivity index (χ1v) is 10.0. The second-order valence-electron chi connectivity index (χ2n) is 7.40. The van der Waals surface area contributed by atoms with Gasteiger partial charge in [0.25, 0.3) is 11.9 Å². The van der Waals surface area contributed by atoms with Crippen LogP contribution in [0.2, 0.25) is 0 Å². The molecule has 1 aliphatic rings. The minimum absolute atomic E-state index is 0.0823. The van der Waals surface area contributed by atoms with E-state index < -0.39 is 0 Å². The molecule has 0 aliphatic carbocycles. The number of carbonyl (C=O) groups is 1. The molecule has 2 aromatic heterocycles. The lowest BCUT2D eigenvalue weighted by atomic mass is 9.92. The Morgan fingerprint density at radius 1 is 1.21 bits per heavy atom. The van der Waals surface area contributed by atoms with E-state index in [1.54, 1.807) is 19.2 Å². The second kappa shape index (κ2) is 8.15. The monoisotopic (exact) mass is 394 g/mol. The Hall–Kier alpha value is -3.02. The van der Waals surface area contributed by atoms with E-state index in [0.717, 1.165) is 40.6 Å². The second-order valence-corrected chi connectivity index (χ2v) is 7.40. The van der Waals surface area contributed by atoms with Crippen molar-refractivity contribution in [1.29, 1.82) is 0 Å². The summed E-state index contributed by atoms with van der Waals surface area (Å²) in [5.74, 6) is 1.86. The largest absolute Gasteiger partial charge is 0.496 e. The third-order valence-electron chi connectivity index (χ3n) is 5.54. The number of hydrogen-bond donors (Lipinski definition) is 0. The molecule has 0 saturated carbocycles.